The van der Waals surface area contributed by atoms with Crippen LogP contribution < -0.4 is 10.5 Å². The van der Waals surface area contributed by atoms with E-state index in [2.05, 4.69) is 0 Å². The molecular formula is C12H17NO2. The number of rotatable bonds is 2. The highest BCUT2D eigenvalue weighted by molar-refractivity contribution is 5.33. The maximum absolute atomic E-state index is 10.4. The van der Waals surface area contributed by atoms with Gasteiger partial charge in [0.1, 0.15) is 5.75 Å². The lowest BCUT2D eigenvalue weighted by Gasteiger charge is -2.23. The maximum Gasteiger partial charge on any atom is 0.119 e. The van der Waals surface area contributed by atoms with Gasteiger partial charge in [-0.3, -0.25) is 0 Å². The number of nitrogens with two attached hydrogens (primary N) is 1. The summed E-state index contributed by atoms with van der Waals surface area (Å²) in [7, 11) is 1.63. The van der Waals surface area contributed by atoms with Gasteiger partial charge in [-0.15, -0.1) is 0 Å². The van der Waals surface area contributed by atoms with Crippen molar-refractivity contribution in [3.63, 3.8) is 0 Å². The van der Waals surface area contributed by atoms with Crippen molar-refractivity contribution >= 4 is 0 Å². The van der Waals surface area contributed by atoms with E-state index in [1.165, 1.54) is 0 Å². The van der Waals surface area contributed by atoms with E-state index in [1.54, 1.807) is 7.11 Å². The van der Waals surface area contributed by atoms with Gasteiger partial charge in [0, 0.05) is 6.04 Å². The zero-order valence-corrected chi connectivity index (χ0v) is 8.94. The monoisotopic (exact) mass is 207 g/mol. The molecule has 0 bridgehead atoms. The van der Waals surface area contributed by atoms with E-state index < -0.39 is 5.60 Å². The standard InChI is InChI=1S/C12H17NO2/c1-15-11-4-2-3-9(7-11)12(14)6-5-10(13)8-12/h2-4,7,10,14H,5-6,8,13H2,1H3. The lowest BCUT2D eigenvalue weighted by Crippen LogP contribution is -2.25. The molecule has 2 rings (SSSR count). The number of hydrogen-bond donors (Lipinski definition) is 2. The minimum absolute atomic E-state index is 0.112. The fraction of sp³-hybridized carbons (Fsp3) is 0.500. The maximum atomic E-state index is 10.4. The summed E-state index contributed by atoms with van der Waals surface area (Å²) < 4.78 is 5.14. The molecule has 0 spiro atoms. The van der Waals surface area contributed by atoms with E-state index in [4.69, 9.17) is 10.5 Å². The normalized spacial score (nSPS) is 30.5. The quantitative estimate of drug-likeness (QED) is 0.770. The Morgan fingerprint density at radius 1 is 1.53 bits per heavy atom. The summed E-state index contributed by atoms with van der Waals surface area (Å²) in [5, 5.41) is 10.4. The van der Waals surface area contributed by atoms with Gasteiger partial charge in [-0.25, -0.2) is 0 Å². The molecule has 3 nitrogen and oxygen atoms in total. The molecule has 3 heteroatoms. The van der Waals surface area contributed by atoms with Gasteiger partial charge in [-0.2, -0.15) is 0 Å². The number of benzene rings is 1. The second-order valence-corrected chi connectivity index (χ2v) is 4.27. The molecule has 1 aromatic carbocycles. The third kappa shape index (κ3) is 1.98. The minimum Gasteiger partial charge on any atom is -0.497 e. The number of hydrogen-bond acceptors (Lipinski definition) is 3. The Labute approximate surface area is 89.9 Å². The van der Waals surface area contributed by atoms with Crippen molar-refractivity contribution in [3.8, 4) is 5.75 Å². The van der Waals surface area contributed by atoms with Crippen LogP contribution in [0, 0.1) is 0 Å². The van der Waals surface area contributed by atoms with Crippen LogP contribution in [0.1, 0.15) is 24.8 Å². The Morgan fingerprint density at radius 2 is 2.33 bits per heavy atom. The largest absolute Gasteiger partial charge is 0.497 e. The Hall–Kier alpha value is -1.06. The molecule has 1 aliphatic carbocycles. The van der Waals surface area contributed by atoms with Crippen LogP contribution in [0.3, 0.4) is 0 Å². The molecule has 3 N–H and O–H groups in total. The van der Waals surface area contributed by atoms with Gasteiger partial charge in [-0.1, -0.05) is 12.1 Å². The lowest BCUT2D eigenvalue weighted by molar-refractivity contribution is 0.0429. The van der Waals surface area contributed by atoms with Crippen molar-refractivity contribution in [1.82, 2.24) is 0 Å². The molecule has 0 aliphatic heterocycles. The van der Waals surface area contributed by atoms with E-state index in [0.29, 0.717) is 6.42 Å². The van der Waals surface area contributed by atoms with Crippen LogP contribution >= 0.6 is 0 Å². The lowest BCUT2D eigenvalue weighted by atomic mass is 9.92. The zero-order chi connectivity index (χ0) is 10.9. The Bertz CT molecular complexity index is 353. The molecule has 0 saturated heterocycles. The van der Waals surface area contributed by atoms with Crippen molar-refractivity contribution in [2.45, 2.75) is 30.9 Å². The second-order valence-electron chi connectivity index (χ2n) is 4.27. The van der Waals surface area contributed by atoms with E-state index in [1.807, 2.05) is 24.3 Å². The Balaban J connectivity index is 2.28. The summed E-state index contributed by atoms with van der Waals surface area (Å²) in [5.74, 6) is 0.779. The summed E-state index contributed by atoms with van der Waals surface area (Å²) in [5.41, 5.74) is 5.98. The van der Waals surface area contributed by atoms with Gasteiger partial charge >= 0.3 is 0 Å². The van der Waals surface area contributed by atoms with Crippen molar-refractivity contribution in [1.29, 1.82) is 0 Å². The molecule has 15 heavy (non-hydrogen) atoms. The van der Waals surface area contributed by atoms with Gasteiger partial charge in [0.2, 0.25) is 0 Å². The molecule has 2 atom stereocenters. The summed E-state index contributed by atoms with van der Waals surface area (Å²) in [6.07, 6.45) is 2.26. The molecule has 0 radical (unpaired) electrons. The van der Waals surface area contributed by atoms with Crippen molar-refractivity contribution < 1.29 is 9.84 Å². The summed E-state index contributed by atoms with van der Waals surface area (Å²) >= 11 is 0. The van der Waals surface area contributed by atoms with Crippen LogP contribution in [0.2, 0.25) is 0 Å². The Kier molecular flexibility index (Phi) is 2.67. The fourth-order valence-electron chi connectivity index (χ4n) is 2.24. The van der Waals surface area contributed by atoms with Crippen LogP contribution in [0.5, 0.6) is 5.75 Å². The summed E-state index contributed by atoms with van der Waals surface area (Å²) in [4.78, 5) is 0. The molecule has 1 fully saturated rings. The highest BCUT2D eigenvalue weighted by Gasteiger charge is 2.37. The third-order valence-electron chi connectivity index (χ3n) is 3.14. The molecular weight excluding hydrogens is 190 g/mol. The van der Waals surface area contributed by atoms with Crippen LogP contribution in [-0.4, -0.2) is 18.3 Å². The fourth-order valence-corrected chi connectivity index (χ4v) is 2.24. The molecule has 1 aliphatic rings. The first-order valence-electron chi connectivity index (χ1n) is 5.26. The first-order valence-corrected chi connectivity index (χ1v) is 5.26. The summed E-state index contributed by atoms with van der Waals surface area (Å²) in [6.45, 7) is 0. The van der Waals surface area contributed by atoms with Crippen LogP contribution in [0.4, 0.5) is 0 Å². The molecule has 2 unspecified atom stereocenters. The predicted molar refractivity (Wildman–Crippen MR) is 58.7 cm³/mol. The molecule has 0 aromatic heterocycles. The topological polar surface area (TPSA) is 55.5 Å². The molecule has 82 valence electrons. The second kappa shape index (κ2) is 3.83. The highest BCUT2D eigenvalue weighted by atomic mass is 16.5. The van der Waals surface area contributed by atoms with Gasteiger partial charge in [0.15, 0.2) is 0 Å². The van der Waals surface area contributed by atoms with Gasteiger partial charge in [-0.05, 0) is 37.0 Å². The smallest absolute Gasteiger partial charge is 0.119 e. The minimum atomic E-state index is -0.756. The first-order chi connectivity index (χ1) is 7.14. The van der Waals surface area contributed by atoms with Crippen LogP contribution in [-0.2, 0) is 5.60 Å². The van der Waals surface area contributed by atoms with E-state index in [-0.39, 0.29) is 6.04 Å². The van der Waals surface area contributed by atoms with E-state index in [9.17, 15) is 5.11 Å². The number of ether oxygens (including phenoxy) is 1. The van der Waals surface area contributed by atoms with Gasteiger partial charge in [0.25, 0.3) is 0 Å². The SMILES string of the molecule is COc1cccc(C2(O)CCC(N)C2)c1. The van der Waals surface area contributed by atoms with E-state index >= 15 is 0 Å². The zero-order valence-electron chi connectivity index (χ0n) is 8.94. The number of methoxy groups -OCH3 is 1. The number of aliphatic hydroxyl groups is 1. The van der Waals surface area contributed by atoms with Crippen LogP contribution in [0.15, 0.2) is 24.3 Å². The van der Waals surface area contributed by atoms with E-state index in [0.717, 1.165) is 24.2 Å². The Morgan fingerprint density at radius 3 is 2.93 bits per heavy atom. The van der Waals surface area contributed by atoms with Gasteiger partial charge < -0.3 is 15.6 Å². The summed E-state index contributed by atoms with van der Waals surface area (Å²) in [6, 6.07) is 7.71. The van der Waals surface area contributed by atoms with Crippen molar-refractivity contribution in [2.24, 2.45) is 5.73 Å². The highest BCUT2D eigenvalue weighted by Crippen LogP contribution is 2.38. The van der Waals surface area contributed by atoms with Crippen LogP contribution in [0.25, 0.3) is 0 Å². The van der Waals surface area contributed by atoms with Crippen molar-refractivity contribution in [3.05, 3.63) is 29.8 Å². The molecule has 0 amide bonds. The average Bonchev–Trinajstić information content (AvgIpc) is 2.60. The molecule has 1 saturated carbocycles. The first kappa shape index (κ1) is 10.5. The molecule has 0 heterocycles. The molecule has 1 aromatic rings. The predicted octanol–water partition coefficient (Wildman–Crippen LogP) is 1.39. The average molecular weight is 207 g/mol. The third-order valence-corrected chi connectivity index (χ3v) is 3.14. The van der Waals surface area contributed by atoms with Crippen molar-refractivity contribution in [2.75, 3.05) is 7.11 Å². The van der Waals surface area contributed by atoms with Gasteiger partial charge in [0.05, 0.1) is 12.7 Å².